The number of benzene rings is 2. The smallest absolute Gasteiger partial charge is 0.238 e. The van der Waals surface area contributed by atoms with E-state index < -0.39 is 5.82 Å². The van der Waals surface area contributed by atoms with Crippen molar-refractivity contribution < 1.29 is 18.8 Å². The zero-order valence-electron chi connectivity index (χ0n) is 15.8. The minimum atomic E-state index is -0.547. The van der Waals surface area contributed by atoms with Crippen molar-refractivity contribution in [2.24, 2.45) is 11.8 Å². The van der Waals surface area contributed by atoms with Crippen LogP contribution >= 0.6 is 23.4 Å². The van der Waals surface area contributed by atoms with E-state index in [4.69, 9.17) is 11.6 Å². The van der Waals surface area contributed by atoms with Crippen molar-refractivity contribution in [1.29, 1.82) is 0 Å². The highest BCUT2D eigenvalue weighted by Crippen LogP contribution is 2.38. The van der Waals surface area contributed by atoms with Crippen LogP contribution in [0.3, 0.4) is 0 Å². The van der Waals surface area contributed by atoms with Gasteiger partial charge in [-0.2, -0.15) is 0 Å². The molecule has 0 aromatic heterocycles. The molecular formula is C22H18ClFN2O3S. The standard InChI is InChI=1S/C22H18ClFN2O3S/c23-18-11-13(5-10-19(18)24)25-20(27)12-30-15-8-6-14(7-9-15)26-21(28)16-3-1-2-4-17(16)22(26)29/h1-2,5-11,16-17H,3-4,12H2,(H,25,27). The average Bonchev–Trinajstić information content (AvgIpc) is 3.00. The lowest BCUT2D eigenvalue weighted by atomic mass is 9.85. The van der Waals surface area contributed by atoms with Crippen molar-refractivity contribution in [3.05, 3.63) is 65.5 Å². The summed E-state index contributed by atoms with van der Waals surface area (Å²) in [6, 6.07) is 11.0. The van der Waals surface area contributed by atoms with Crippen molar-refractivity contribution >= 4 is 52.5 Å². The average molecular weight is 445 g/mol. The van der Waals surface area contributed by atoms with Gasteiger partial charge in [0.15, 0.2) is 0 Å². The minimum absolute atomic E-state index is 0.0577. The van der Waals surface area contributed by atoms with Crippen LogP contribution in [0.25, 0.3) is 0 Å². The second kappa shape index (κ2) is 8.62. The van der Waals surface area contributed by atoms with Crippen molar-refractivity contribution in [3.8, 4) is 0 Å². The molecule has 1 aliphatic heterocycles. The first-order valence-electron chi connectivity index (χ1n) is 9.44. The molecule has 2 aromatic carbocycles. The predicted molar refractivity (Wildman–Crippen MR) is 115 cm³/mol. The third kappa shape index (κ3) is 4.13. The Morgan fingerprint density at radius 3 is 2.30 bits per heavy atom. The number of imide groups is 1. The van der Waals surface area contributed by atoms with Crippen LogP contribution in [0.15, 0.2) is 59.5 Å². The van der Waals surface area contributed by atoms with E-state index in [1.54, 1.807) is 24.3 Å². The maximum absolute atomic E-state index is 13.2. The van der Waals surface area contributed by atoms with Crippen LogP contribution in [0.4, 0.5) is 15.8 Å². The Labute approximate surface area is 182 Å². The molecule has 1 fully saturated rings. The number of amides is 3. The third-order valence-electron chi connectivity index (χ3n) is 5.18. The van der Waals surface area contributed by atoms with Gasteiger partial charge in [-0.3, -0.25) is 19.3 Å². The predicted octanol–water partition coefficient (Wildman–Crippen LogP) is 4.67. The number of nitrogens with one attached hydrogen (secondary N) is 1. The summed E-state index contributed by atoms with van der Waals surface area (Å²) in [5.41, 5.74) is 0.971. The summed E-state index contributed by atoms with van der Waals surface area (Å²) in [5.74, 6) is -1.48. The van der Waals surface area contributed by atoms with Gasteiger partial charge in [0, 0.05) is 10.6 Å². The molecule has 0 spiro atoms. The largest absolute Gasteiger partial charge is 0.325 e. The van der Waals surface area contributed by atoms with E-state index in [1.165, 1.54) is 34.9 Å². The molecule has 5 nitrogen and oxygen atoms in total. The topological polar surface area (TPSA) is 66.5 Å². The Morgan fingerprint density at radius 2 is 1.70 bits per heavy atom. The van der Waals surface area contributed by atoms with Crippen LogP contribution < -0.4 is 10.2 Å². The SMILES string of the molecule is O=C(CSc1ccc(N2C(=O)C3CC=CCC3C2=O)cc1)Nc1ccc(F)c(Cl)c1. The first-order valence-corrected chi connectivity index (χ1v) is 10.8. The highest BCUT2D eigenvalue weighted by Gasteiger charge is 2.47. The first-order chi connectivity index (χ1) is 14.4. The molecule has 2 atom stereocenters. The van der Waals surface area contributed by atoms with Crippen LogP contribution in [0.5, 0.6) is 0 Å². The van der Waals surface area contributed by atoms with E-state index in [1.807, 2.05) is 12.2 Å². The number of nitrogens with zero attached hydrogens (tertiary/aromatic N) is 1. The molecule has 154 valence electrons. The second-order valence-corrected chi connectivity index (χ2v) is 8.58. The summed E-state index contributed by atoms with van der Waals surface area (Å²) in [6.07, 6.45) is 5.13. The van der Waals surface area contributed by atoms with Gasteiger partial charge in [0.05, 0.1) is 28.3 Å². The van der Waals surface area contributed by atoms with Crippen LogP contribution in [-0.4, -0.2) is 23.5 Å². The van der Waals surface area contributed by atoms with E-state index >= 15 is 0 Å². The Morgan fingerprint density at radius 1 is 1.07 bits per heavy atom. The number of thioether (sulfide) groups is 1. The molecule has 1 heterocycles. The molecule has 2 unspecified atom stereocenters. The van der Waals surface area contributed by atoms with Crippen LogP contribution in [0.1, 0.15) is 12.8 Å². The van der Waals surface area contributed by atoms with Crippen molar-refractivity contribution in [3.63, 3.8) is 0 Å². The maximum Gasteiger partial charge on any atom is 0.238 e. The molecule has 2 aromatic rings. The molecule has 0 radical (unpaired) electrons. The lowest BCUT2D eigenvalue weighted by Crippen LogP contribution is -2.30. The minimum Gasteiger partial charge on any atom is -0.325 e. The van der Waals surface area contributed by atoms with Gasteiger partial charge in [-0.1, -0.05) is 23.8 Å². The molecule has 0 bridgehead atoms. The Hall–Kier alpha value is -2.64. The van der Waals surface area contributed by atoms with Gasteiger partial charge in [0.1, 0.15) is 5.82 Å². The third-order valence-corrected chi connectivity index (χ3v) is 6.48. The van der Waals surface area contributed by atoms with Gasteiger partial charge >= 0.3 is 0 Å². The Kier molecular flexibility index (Phi) is 5.92. The summed E-state index contributed by atoms with van der Waals surface area (Å²) in [4.78, 5) is 39.5. The van der Waals surface area contributed by atoms with E-state index in [0.29, 0.717) is 24.2 Å². The molecule has 4 rings (SSSR count). The number of halogens is 2. The lowest BCUT2D eigenvalue weighted by molar-refractivity contribution is -0.122. The lowest BCUT2D eigenvalue weighted by Gasteiger charge is -2.15. The number of hydrogen-bond donors (Lipinski definition) is 1. The monoisotopic (exact) mass is 444 g/mol. The molecule has 30 heavy (non-hydrogen) atoms. The number of fused-ring (bicyclic) bond motifs is 1. The molecule has 1 N–H and O–H groups in total. The van der Waals surface area contributed by atoms with E-state index in [9.17, 15) is 18.8 Å². The summed E-state index contributed by atoms with van der Waals surface area (Å²) >= 11 is 7.02. The summed E-state index contributed by atoms with van der Waals surface area (Å²) < 4.78 is 13.2. The number of carbonyl (C=O) groups excluding carboxylic acids is 3. The van der Waals surface area contributed by atoms with Crippen LogP contribution in [0.2, 0.25) is 5.02 Å². The number of anilines is 2. The fourth-order valence-electron chi connectivity index (χ4n) is 3.67. The molecule has 1 saturated heterocycles. The Bertz CT molecular complexity index is 1020. The number of allylic oxidation sites excluding steroid dienone is 2. The quantitative estimate of drug-likeness (QED) is 0.413. The highest BCUT2D eigenvalue weighted by atomic mass is 35.5. The molecule has 2 aliphatic rings. The highest BCUT2D eigenvalue weighted by molar-refractivity contribution is 8.00. The zero-order chi connectivity index (χ0) is 21.3. The number of hydrogen-bond acceptors (Lipinski definition) is 4. The maximum atomic E-state index is 13.2. The number of rotatable bonds is 5. The van der Waals surface area contributed by atoms with Gasteiger partial charge in [0.2, 0.25) is 17.7 Å². The zero-order valence-corrected chi connectivity index (χ0v) is 17.4. The van der Waals surface area contributed by atoms with Crippen molar-refractivity contribution in [1.82, 2.24) is 0 Å². The molecule has 1 aliphatic carbocycles. The van der Waals surface area contributed by atoms with Crippen LogP contribution in [0, 0.1) is 17.7 Å². The molecule has 8 heteroatoms. The van der Waals surface area contributed by atoms with E-state index in [0.717, 1.165) is 4.90 Å². The van der Waals surface area contributed by atoms with E-state index in [2.05, 4.69) is 5.32 Å². The first kappa shape index (κ1) is 20.6. The van der Waals surface area contributed by atoms with E-state index in [-0.39, 0.29) is 40.3 Å². The van der Waals surface area contributed by atoms with Gasteiger partial charge < -0.3 is 5.32 Å². The van der Waals surface area contributed by atoms with Gasteiger partial charge in [-0.25, -0.2) is 4.39 Å². The summed E-state index contributed by atoms with van der Waals surface area (Å²) in [6.45, 7) is 0. The van der Waals surface area contributed by atoms with Gasteiger partial charge in [0.25, 0.3) is 0 Å². The normalized spacial score (nSPS) is 20.4. The fourth-order valence-corrected chi connectivity index (χ4v) is 4.55. The second-order valence-electron chi connectivity index (χ2n) is 7.13. The van der Waals surface area contributed by atoms with Crippen molar-refractivity contribution in [2.45, 2.75) is 17.7 Å². The van der Waals surface area contributed by atoms with Crippen LogP contribution in [-0.2, 0) is 14.4 Å². The number of carbonyl (C=O) groups is 3. The van der Waals surface area contributed by atoms with Gasteiger partial charge in [-0.15, -0.1) is 11.8 Å². The summed E-state index contributed by atoms with van der Waals surface area (Å²) in [5, 5.41) is 2.60. The molecule has 0 saturated carbocycles. The molecule has 3 amide bonds. The molecular weight excluding hydrogens is 427 g/mol. The van der Waals surface area contributed by atoms with Gasteiger partial charge in [-0.05, 0) is 55.3 Å². The summed E-state index contributed by atoms with van der Waals surface area (Å²) in [7, 11) is 0. The fraction of sp³-hybridized carbons (Fsp3) is 0.227. The van der Waals surface area contributed by atoms with Crippen molar-refractivity contribution in [2.75, 3.05) is 16.0 Å². The Balaban J connectivity index is 1.36.